The molecule has 0 aliphatic heterocycles. The van der Waals surface area contributed by atoms with Gasteiger partial charge in [0.05, 0.1) is 17.4 Å². The highest BCUT2D eigenvalue weighted by Crippen LogP contribution is 2.15. The normalized spacial score (nSPS) is 9.00. The minimum absolute atomic E-state index is 0.252. The second-order valence-corrected chi connectivity index (χ2v) is 2.89. The van der Waals surface area contributed by atoms with Gasteiger partial charge in [-0.25, -0.2) is 0 Å². The summed E-state index contributed by atoms with van der Waals surface area (Å²) < 4.78 is 0. The molecule has 0 saturated heterocycles. The summed E-state index contributed by atoms with van der Waals surface area (Å²) in [5, 5.41) is 10.1. The lowest BCUT2D eigenvalue weighted by atomic mass is 10.2. The van der Waals surface area contributed by atoms with Gasteiger partial charge in [0.2, 0.25) is 0 Å². The second kappa shape index (κ2) is 3.17. The minimum atomic E-state index is -0.453. The summed E-state index contributed by atoms with van der Waals surface area (Å²) in [5.41, 5.74) is 5.78. The Kier molecular flexibility index (Phi) is 2.24. The van der Waals surface area contributed by atoms with Crippen molar-refractivity contribution in [2.45, 2.75) is 6.42 Å². The van der Waals surface area contributed by atoms with Crippen LogP contribution in [0.2, 0.25) is 0 Å². The zero-order chi connectivity index (χ0) is 8.27. The molecule has 0 atom stereocenters. The van der Waals surface area contributed by atoms with Gasteiger partial charge in [-0.15, -0.1) is 11.3 Å². The van der Waals surface area contributed by atoms with E-state index in [0.717, 1.165) is 5.56 Å². The van der Waals surface area contributed by atoms with Crippen molar-refractivity contribution in [3.63, 3.8) is 0 Å². The summed E-state index contributed by atoms with van der Waals surface area (Å²) in [6.07, 6.45) is 0.252. The third-order valence-corrected chi connectivity index (χ3v) is 2.21. The fourth-order valence-corrected chi connectivity index (χ4v) is 1.55. The van der Waals surface area contributed by atoms with E-state index in [1.54, 1.807) is 11.4 Å². The average molecular weight is 166 g/mol. The lowest BCUT2D eigenvalue weighted by Gasteiger charge is -1.91. The van der Waals surface area contributed by atoms with E-state index in [1.807, 2.05) is 6.07 Å². The molecule has 0 fully saturated rings. The monoisotopic (exact) mass is 166 g/mol. The maximum Gasteiger partial charge on any atom is 0.259 e. The van der Waals surface area contributed by atoms with Gasteiger partial charge < -0.3 is 5.73 Å². The summed E-state index contributed by atoms with van der Waals surface area (Å²) in [7, 11) is 0. The molecule has 0 aromatic carbocycles. The topological polar surface area (TPSA) is 66.9 Å². The molecule has 0 unspecified atom stereocenters. The van der Waals surface area contributed by atoms with Crippen molar-refractivity contribution in [3.05, 3.63) is 21.9 Å². The Balaban J connectivity index is 2.98. The molecule has 1 rings (SSSR count). The lowest BCUT2D eigenvalue weighted by molar-refractivity contribution is 0.100. The van der Waals surface area contributed by atoms with E-state index >= 15 is 0 Å². The number of carbonyl (C=O) groups is 1. The molecule has 1 amide bonds. The van der Waals surface area contributed by atoms with Crippen LogP contribution in [0.1, 0.15) is 15.2 Å². The third-order valence-electron chi connectivity index (χ3n) is 1.24. The quantitative estimate of drug-likeness (QED) is 0.709. The van der Waals surface area contributed by atoms with Crippen LogP contribution in [-0.2, 0) is 6.42 Å². The number of amides is 1. The number of nitrogens with zero attached hydrogens (tertiary/aromatic N) is 1. The molecule has 3 nitrogen and oxygen atoms in total. The summed E-state index contributed by atoms with van der Waals surface area (Å²) in [4.78, 5) is 11.2. The molecule has 1 heterocycles. The smallest absolute Gasteiger partial charge is 0.259 e. The summed E-state index contributed by atoms with van der Waals surface area (Å²) in [5.74, 6) is -0.453. The largest absolute Gasteiger partial charge is 0.365 e. The molecular weight excluding hydrogens is 160 g/mol. The number of nitriles is 1. The first-order chi connectivity index (χ1) is 5.25. The number of nitrogens with two attached hydrogens (primary N) is 1. The Morgan fingerprint density at radius 1 is 1.82 bits per heavy atom. The lowest BCUT2D eigenvalue weighted by Crippen LogP contribution is -2.10. The van der Waals surface area contributed by atoms with E-state index in [4.69, 9.17) is 11.0 Å². The van der Waals surface area contributed by atoms with E-state index in [0.29, 0.717) is 4.88 Å². The van der Waals surface area contributed by atoms with Gasteiger partial charge in [-0.05, 0) is 17.0 Å². The van der Waals surface area contributed by atoms with Crippen molar-refractivity contribution in [1.29, 1.82) is 5.26 Å². The van der Waals surface area contributed by atoms with E-state index in [-0.39, 0.29) is 6.42 Å². The van der Waals surface area contributed by atoms with Crippen molar-refractivity contribution >= 4 is 17.2 Å². The van der Waals surface area contributed by atoms with Crippen LogP contribution < -0.4 is 5.73 Å². The molecule has 0 spiro atoms. The van der Waals surface area contributed by atoms with Crippen LogP contribution in [0.5, 0.6) is 0 Å². The van der Waals surface area contributed by atoms with Crippen LogP contribution in [0.25, 0.3) is 0 Å². The molecule has 4 heteroatoms. The van der Waals surface area contributed by atoms with Gasteiger partial charge >= 0.3 is 0 Å². The van der Waals surface area contributed by atoms with E-state index < -0.39 is 5.91 Å². The van der Waals surface area contributed by atoms with E-state index in [1.165, 1.54) is 11.3 Å². The standard InChI is InChI=1S/C7H6N2OS/c8-3-1-5-2-4-11-6(5)7(9)10/h2,4H,1H2,(H2,9,10). The number of carbonyl (C=O) groups excluding carboxylic acids is 1. The van der Waals surface area contributed by atoms with Crippen molar-refractivity contribution in [2.75, 3.05) is 0 Å². The SMILES string of the molecule is N#CCc1ccsc1C(N)=O. The molecule has 0 bridgehead atoms. The molecule has 0 aliphatic rings. The fourth-order valence-electron chi connectivity index (χ4n) is 0.776. The molecule has 2 N–H and O–H groups in total. The van der Waals surface area contributed by atoms with Gasteiger partial charge in [0.15, 0.2) is 0 Å². The van der Waals surface area contributed by atoms with Crippen LogP contribution in [0.3, 0.4) is 0 Å². The summed E-state index contributed by atoms with van der Waals surface area (Å²) in [6.45, 7) is 0. The number of hydrogen-bond donors (Lipinski definition) is 1. The van der Waals surface area contributed by atoms with Gasteiger partial charge in [0.1, 0.15) is 0 Å². The molecule has 0 radical (unpaired) electrons. The Labute approximate surface area is 68.1 Å². The summed E-state index contributed by atoms with van der Waals surface area (Å²) in [6, 6.07) is 3.71. The van der Waals surface area contributed by atoms with Gasteiger partial charge in [-0.3, -0.25) is 4.79 Å². The number of thiophene rings is 1. The van der Waals surface area contributed by atoms with Gasteiger partial charge in [0, 0.05) is 0 Å². The summed E-state index contributed by atoms with van der Waals surface area (Å²) >= 11 is 1.27. The van der Waals surface area contributed by atoms with Gasteiger partial charge in [-0.2, -0.15) is 5.26 Å². The van der Waals surface area contributed by atoms with E-state index in [9.17, 15) is 4.79 Å². The van der Waals surface area contributed by atoms with Crippen LogP contribution >= 0.6 is 11.3 Å². The highest BCUT2D eigenvalue weighted by atomic mass is 32.1. The Morgan fingerprint density at radius 2 is 2.55 bits per heavy atom. The first-order valence-electron chi connectivity index (χ1n) is 2.99. The van der Waals surface area contributed by atoms with Crippen molar-refractivity contribution in [2.24, 2.45) is 5.73 Å². The van der Waals surface area contributed by atoms with Crippen LogP contribution in [0, 0.1) is 11.3 Å². The van der Waals surface area contributed by atoms with Crippen LogP contribution in [0.4, 0.5) is 0 Å². The Hall–Kier alpha value is -1.34. The van der Waals surface area contributed by atoms with Crippen LogP contribution in [-0.4, -0.2) is 5.91 Å². The maximum absolute atomic E-state index is 10.7. The van der Waals surface area contributed by atoms with E-state index in [2.05, 4.69) is 0 Å². The Morgan fingerprint density at radius 3 is 3.09 bits per heavy atom. The highest BCUT2D eigenvalue weighted by molar-refractivity contribution is 7.12. The predicted molar refractivity (Wildman–Crippen MR) is 42.2 cm³/mol. The van der Waals surface area contributed by atoms with Crippen molar-refractivity contribution in [1.82, 2.24) is 0 Å². The maximum atomic E-state index is 10.7. The van der Waals surface area contributed by atoms with Crippen LogP contribution in [0.15, 0.2) is 11.4 Å². The number of rotatable bonds is 2. The molecule has 0 saturated carbocycles. The molecule has 0 aliphatic carbocycles. The Bertz CT molecular complexity index is 310. The third kappa shape index (κ3) is 1.57. The first kappa shape index (κ1) is 7.76. The molecular formula is C7H6N2OS. The minimum Gasteiger partial charge on any atom is -0.365 e. The molecule has 1 aromatic rings. The first-order valence-corrected chi connectivity index (χ1v) is 3.87. The number of hydrogen-bond acceptors (Lipinski definition) is 3. The number of primary amides is 1. The molecule has 1 aromatic heterocycles. The van der Waals surface area contributed by atoms with Crippen molar-refractivity contribution < 1.29 is 4.79 Å². The van der Waals surface area contributed by atoms with Gasteiger partial charge in [-0.1, -0.05) is 0 Å². The fraction of sp³-hybridized carbons (Fsp3) is 0.143. The highest BCUT2D eigenvalue weighted by Gasteiger charge is 2.07. The second-order valence-electron chi connectivity index (χ2n) is 1.97. The predicted octanol–water partition coefficient (Wildman–Crippen LogP) is 0.913. The molecule has 11 heavy (non-hydrogen) atoms. The zero-order valence-electron chi connectivity index (χ0n) is 5.70. The molecule has 56 valence electrons. The van der Waals surface area contributed by atoms with Crippen molar-refractivity contribution in [3.8, 4) is 6.07 Å². The average Bonchev–Trinajstić information content (AvgIpc) is 2.36. The van der Waals surface area contributed by atoms with Gasteiger partial charge in [0.25, 0.3) is 5.91 Å². The zero-order valence-corrected chi connectivity index (χ0v) is 6.52.